The summed E-state index contributed by atoms with van der Waals surface area (Å²) in [6.07, 6.45) is 5.09. The lowest BCUT2D eigenvalue weighted by Crippen LogP contribution is -2.16. The van der Waals surface area contributed by atoms with Crippen molar-refractivity contribution in [2.24, 2.45) is 7.05 Å². The zero-order chi connectivity index (χ0) is 21.4. The van der Waals surface area contributed by atoms with E-state index in [2.05, 4.69) is 20.1 Å². The molecule has 1 aromatic carbocycles. The molecule has 0 atom stereocenters. The summed E-state index contributed by atoms with van der Waals surface area (Å²) in [6, 6.07) is 4.44. The summed E-state index contributed by atoms with van der Waals surface area (Å²) in [5, 5.41) is 4.12. The van der Waals surface area contributed by atoms with Crippen molar-refractivity contribution in [3.8, 4) is 22.8 Å². The molecule has 154 valence electrons. The summed E-state index contributed by atoms with van der Waals surface area (Å²) in [7, 11) is 5.88. The van der Waals surface area contributed by atoms with E-state index >= 15 is 0 Å². The van der Waals surface area contributed by atoms with E-state index in [0.29, 0.717) is 16.9 Å². The van der Waals surface area contributed by atoms with Gasteiger partial charge in [-0.05, 0) is 12.1 Å². The van der Waals surface area contributed by atoms with Crippen molar-refractivity contribution in [1.29, 1.82) is 0 Å². The summed E-state index contributed by atoms with van der Waals surface area (Å²) in [5.74, 6) is -1.75. The molecule has 0 fully saturated rings. The second kappa shape index (κ2) is 7.54. The highest BCUT2D eigenvalue weighted by atomic mass is 19.1. The van der Waals surface area contributed by atoms with E-state index in [1.165, 1.54) is 26.2 Å². The Balaban J connectivity index is 1.81. The Morgan fingerprint density at radius 3 is 2.30 bits per heavy atom. The molecule has 0 saturated heterocycles. The molecule has 0 aliphatic carbocycles. The smallest absolute Gasteiger partial charge is 0.191 e. The Bertz CT molecular complexity index is 1220. The molecule has 30 heavy (non-hydrogen) atoms. The second-order valence-corrected chi connectivity index (χ2v) is 6.49. The molecule has 0 spiro atoms. The van der Waals surface area contributed by atoms with Gasteiger partial charge in [-0.15, -0.1) is 0 Å². The van der Waals surface area contributed by atoms with Crippen molar-refractivity contribution >= 4 is 22.7 Å². The van der Waals surface area contributed by atoms with Crippen LogP contribution in [0.5, 0.6) is 11.5 Å². The normalized spacial score (nSPS) is 11.0. The van der Waals surface area contributed by atoms with Crippen LogP contribution in [-0.2, 0) is 7.05 Å². The van der Waals surface area contributed by atoms with E-state index in [1.54, 1.807) is 42.5 Å². The third-order valence-electron chi connectivity index (χ3n) is 4.62. The van der Waals surface area contributed by atoms with Gasteiger partial charge in [0.1, 0.15) is 17.0 Å². The highest BCUT2D eigenvalue weighted by Gasteiger charge is 2.24. The predicted molar refractivity (Wildman–Crippen MR) is 107 cm³/mol. The average Bonchev–Trinajstić information content (AvgIpc) is 3.19. The molecule has 8 nitrogen and oxygen atoms in total. The van der Waals surface area contributed by atoms with Gasteiger partial charge in [0.2, 0.25) is 0 Å². The number of rotatable bonds is 5. The van der Waals surface area contributed by atoms with Crippen LogP contribution in [0.25, 0.3) is 22.4 Å². The minimum atomic E-state index is -0.865. The van der Waals surface area contributed by atoms with E-state index in [0.717, 1.165) is 11.6 Å². The first-order chi connectivity index (χ1) is 14.4. The number of fused-ring (bicyclic) bond motifs is 1. The van der Waals surface area contributed by atoms with E-state index < -0.39 is 11.6 Å². The summed E-state index contributed by atoms with van der Waals surface area (Å²) in [6.45, 7) is 0. The first kappa shape index (κ1) is 19.5. The van der Waals surface area contributed by atoms with Gasteiger partial charge in [0.05, 0.1) is 32.3 Å². The van der Waals surface area contributed by atoms with Crippen molar-refractivity contribution in [3.63, 3.8) is 0 Å². The van der Waals surface area contributed by atoms with Gasteiger partial charge in [0.15, 0.2) is 28.8 Å². The number of nitrogens with zero attached hydrogens (tertiary/aromatic N) is 6. The molecule has 3 aromatic heterocycles. The molecule has 4 rings (SSSR count). The number of halogens is 2. The molecule has 10 heteroatoms. The molecule has 0 saturated carbocycles. The zero-order valence-corrected chi connectivity index (χ0v) is 16.7. The Kier molecular flexibility index (Phi) is 4.90. The topological polar surface area (TPSA) is 78.2 Å². The van der Waals surface area contributed by atoms with Gasteiger partial charge in [-0.1, -0.05) is 0 Å². The fraction of sp³-hybridized carbons (Fsp3) is 0.200. The highest BCUT2D eigenvalue weighted by Crippen LogP contribution is 2.39. The van der Waals surface area contributed by atoms with Gasteiger partial charge in [-0.25, -0.2) is 18.7 Å². The van der Waals surface area contributed by atoms with Gasteiger partial charge in [0.25, 0.3) is 0 Å². The number of benzene rings is 1. The molecule has 4 aromatic rings. The van der Waals surface area contributed by atoms with Gasteiger partial charge >= 0.3 is 0 Å². The van der Waals surface area contributed by atoms with Crippen LogP contribution in [0.4, 0.5) is 20.3 Å². The number of pyridine rings is 1. The molecular formula is C20H18F2N6O2. The Morgan fingerprint density at radius 1 is 1.00 bits per heavy atom. The number of aromatic nitrogens is 5. The van der Waals surface area contributed by atoms with Crippen molar-refractivity contribution in [1.82, 2.24) is 24.7 Å². The SMILES string of the molecule is COc1cc(OC)c(F)c(N(C)c2ccc3ncc(-c4cnn(C)c4)nc3n2)c1F. The standard InChI is InChI=1S/C20H18F2N6O2/c1-27-10-11(8-24-27)13-9-23-12-5-6-16(26-20(12)25-13)28(2)19-17(21)14(29-3)7-15(30-4)18(19)22/h5-10H,1-4H3. The van der Waals surface area contributed by atoms with Gasteiger partial charge < -0.3 is 14.4 Å². The Morgan fingerprint density at radius 2 is 1.70 bits per heavy atom. The minimum Gasteiger partial charge on any atom is -0.493 e. The van der Waals surface area contributed by atoms with E-state index in [9.17, 15) is 8.78 Å². The van der Waals surface area contributed by atoms with Gasteiger partial charge in [0, 0.05) is 31.9 Å². The van der Waals surface area contributed by atoms with Crippen molar-refractivity contribution < 1.29 is 18.3 Å². The molecule has 0 amide bonds. The van der Waals surface area contributed by atoms with Crippen LogP contribution in [-0.4, -0.2) is 46.0 Å². The molecule has 0 bridgehead atoms. The summed E-state index contributed by atoms with van der Waals surface area (Å²) in [5.41, 5.74) is 1.89. The van der Waals surface area contributed by atoms with Crippen molar-refractivity contribution in [3.05, 3.63) is 48.4 Å². The molecule has 0 unspecified atom stereocenters. The number of anilines is 2. The third-order valence-corrected chi connectivity index (χ3v) is 4.62. The largest absolute Gasteiger partial charge is 0.493 e. The lowest BCUT2D eigenvalue weighted by Gasteiger charge is -2.22. The molecule has 0 aliphatic rings. The summed E-state index contributed by atoms with van der Waals surface area (Å²) < 4.78 is 41.4. The fourth-order valence-corrected chi connectivity index (χ4v) is 3.05. The lowest BCUT2D eigenvalue weighted by atomic mass is 10.2. The maximum absolute atomic E-state index is 14.9. The molecule has 0 aliphatic heterocycles. The van der Waals surface area contributed by atoms with Gasteiger partial charge in [-0.2, -0.15) is 5.10 Å². The second-order valence-electron chi connectivity index (χ2n) is 6.49. The van der Waals surface area contributed by atoms with E-state index in [4.69, 9.17) is 9.47 Å². The summed E-state index contributed by atoms with van der Waals surface area (Å²) >= 11 is 0. The highest BCUT2D eigenvalue weighted by molar-refractivity contribution is 5.77. The number of aryl methyl sites for hydroxylation is 1. The minimum absolute atomic E-state index is 0.144. The first-order valence-electron chi connectivity index (χ1n) is 8.89. The quantitative estimate of drug-likeness (QED) is 0.497. The fourth-order valence-electron chi connectivity index (χ4n) is 3.05. The molecule has 3 heterocycles. The van der Waals surface area contributed by atoms with Crippen molar-refractivity contribution in [2.75, 3.05) is 26.2 Å². The average molecular weight is 412 g/mol. The van der Waals surface area contributed by atoms with Gasteiger partial charge in [-0.3, -0.25) is 9.67 Å². The molecule has 0 radical (unpaired) electrons. The number of hydrogen-bond donors (Lipinski definition) is 0. The van der Waals surface area contributed by atoms with Crippen molar-refractivity contribution in [2.45, 2.75) is 0 Å². The van der Waals surface area contributed by atoms with Crippen LogP contribution in [0.3, 0.4) is 0 Å². The predicted octanol–water partition coefficient (Wildman–Crippen LogP) is 3.49. The number of ether oxygens (including phenoxy) is 2. The first-order valence-corrected chi connectivity index (χ1v) is 8.89. The van der Waals surface area contributed by atoms with Crippen LogP contribution in [0.2, 0.25) is 0 Å². The van der Waals surface area contributed by atoms with Crippen LogP contribution in [0, 0.1) is 11.6 Å². The molecular weight excluding hydrogens is 394 g/mol. The zero-order valence-electron chi connectivity index (χ0n) is 16.7. The Labute approximate surface area is 170 Å². The maximum atomic E-state index is 14.9. The van der Waals surface area contributed by atoms with Crippen LogP contribution >= 0.6 is 0 Å². The van der Waals surface area contributed by atoms with E-state index in [1.807, 2.05) is 0 Å². The third kappa shape index (κ3) is 3.25. The number of methoxy groups -OCH3 is 2. The van der Waals surface area contributed by atoms with Crippen LogP contribution in [0.1, 0.15) is 0 Å². The number of hydrogen-bond acceptors (Lipinski definition) is 7. The maximum Gasteiger partial charge on any atom is 0.191 e. The monoisotopic (exact) mass is 412 g/mol. The van der Waals surface area contributed by atoms with E-state index in [-0.39, 0.29) is 23.0 Å². The van der Waals surface area contributed by atoms with Crippen LogP contribution < -0.4 is 14.4 Å². The molecule has 0 N–H and O–H groups in total. The van der Waals surface area contributed by atoms with Crippen LogP contribution in [0.15, 0.2) is 36.8 Å². The summed E-state index contributed by atoms with van der Waals surface area (Å²) in [4.78, 5) is 14.6. The Hall–Kier alpha value is -3.82. The lowest BCUT2D eigenvalue weighted by molar-refractivity contribution is 0.359.